The molecular weight excluding hydrogens is 352 g/mol. The molecule has 0 N–H and O–H groups in total. The molecule has 0 aromatic heterocycles. The van der Waals surface area contributed by atoms with Gasteiger partial charge in [-0.1, -0.05) is 65.5 Å². The van der Waals surface area contributed by atoms with Crippen LogP contribution in [0.25, 0.3) is 0 Å². The summed E-state index contributed by atoms with van der Waals surface area (Å²) < 4.78 is 10.8. The van der Waals surface area contributed by atoms with E-state index in [-0.39, 0.29) is 29.4 Å². The second-order valence-electron chi connectivity index (χ2n) is 8.60. The smallest absolute Gasteiger partial charge is 0.308 e. The second kappa shape index (κ2) is 11.2. The van der Waals surface area contributed by atoms with Crippen LogP contribution in [0.4, 0.5) is 0 Å². The topological polar surface area (TPSA) is 52.6 Å². The van der Waals surface area contributed by atoms with Crippen LogP contribution in [-0.4, -0.2) is 18.0 Å². The molecule has 0 radical (unpaired) electrons. The summed E-state index contributed by atoms with van der Waals surface area (Å²) in [6, 6.07) is 6.23. The van der Waals surface area contributed by atoms with E-state index in [9.17, 15) is 9.59 Å². The molecule has 0 saturated heterocycles. The van der Waals surface area contributed by atoms with E-state index < -0.39 is 0 Å². The fourth-order valence-corrected chi connectivity index (χ4v) is 3.70. The summed E-state index contributed by atoms with van der Waals surface area (Å²) in [7, 11) is 0. The molecule has 4 heteroatoms. The number of hydrogen-bond donors (Lipinski definition) is 0. The van der Waals surface area contributed by atoms with Crippen molar-refractivity contribution in [2.24, 2.45) is 0 Å². The van der Waals surface area contributed by atoms with Gasteiger partial charge in [0.05, 0.1) is 6.10 Å². The first-order valence-electron chi connectivity index (χ1n) is 10.6. The van der Waals surface area contributed by atoms with Crippen molar-refractivity contribution in [1.82, 2.24) is 0 Å². The maximum absolute atomic E-state index is 11.7. The molecule has 0 heterocycles. The zero-order valence-corrected chi connectivity index (χ0v) is 18.8. The number of carbonyl (C=O) groups is 2. The number of benzene rings is 1. The van der Waals surface area contributed by atoms with Crippen molar-refractivity contribution in [1.29, 1.82) is 0 Å². The van der Waals surface area contributed by atoms with Crippen molar-refractivity contribution in [3.8, 4) is 5.75 Å². The second-order valence-corrected chi connectivity index (χ2v) is 8.60. The summed E-state index contributed by atoms with van der Waals surface area (Å²) in [5.41, 5.74) is 2.18. The van der Waals surface area contributed by atoms with Gasteiger partial charge in [-0.15, -0.1) is 0 Å². The summed E-state index contributed by atoms with van der Waals surface area (Å²) in [6.45, 7) is 13.5. The zero-order valence-electron chi connectivity index (χ0n) is 18.8. The minimum atomic E-state index is -0.320. The van der Waals surface area contributed by atoms with Crippen LogP contribution < -0.4 is 4.74 Å². The predicted octanol–water partition coefficient (Wildman–Crippen LogP) is 6.31. The SMILES string of the molecule is CCCCCCC(C)(C)c1ccc(C(C)CC(C)OC(C)=O)c(OC(C)=O)c1. The third kappa shape index (κ3) is 8.04. The lowest BCUT2D eigenvalue weighted by atomic mass is 9.79. The lowest BCUT2D eigenvalue weighted by Crippen LogP contribution is -2.19. The molecule has 0 aliphatic rings. The molecule has 0 aliphatic carbocycles. The molecule has 4 nitrogen and oxygen atoms in total. The molecule has 0 aliphatic heterocycles. The van der Waals surface area contributed by atoms with Gasteiger partial charge >= 0.3 is 11.9 Å². The van der Waals surface area contributed by atoms with Crippen LogP contribution in [0.3, 0.4) is 0 Å². The van der Waals surface area contributed by atoms with Crippen LogP contribution in [0.5, 0.6) is 5.75 Å². The van der Waals surface area contributed by atoms with E-state index >= 15 is 0 Å². The maximum atomic E-state index is 11.7. The lowest BCUT2D eigenvalue weighted by Gasteiger charge is -2.27. The van der Waals surface area contributed by atoms with Gasteiger partial charge in [0.1, 0.15) is 5.75 Å². The predicted molar refractivity (Wildman–Crippen MR) is 114 cm³/mol. The highest BCUT2D eigenvalue weighted by Gasteiger charge is 2.24. The van der Waals surface area contributed by atoms with E-state index in [0.29, 0.717) is 12.2 Å². The zero-order chi connectivity index (χ0) is 21.3. The Bertz CT molecular complexity index is 648. The van der Waals surface area contributed by atoms with Crippen LogP contribution in [0.15, 0.2) is 18.2 Å². The number of carbonyl (C=O) groups excluding carboxylic acids is 2. The fourth-order valence-electron chi connectivity index (χ4n) is 3.70. The van der Waals surface area contributed by atoms with E-state index in [4.69, 9.17) is 9.47 Å². The molecule has 1 rings (SSSR count). The maximum Gasteiger partial charge on any atom is 0.308 e. The van der Waals surface area contributed by atoms with Crippen molar-refractivity contribution in [2.75, 3.05) is 0 Å². The minimum Gasteiger partial charge on any atom is -0.463 e. The standard InChI is InChI=1S/C24H38O4/c1-8-9-10-11-14-24(6,7)21-12-13-22(23(16-21)28-20(5)26)17(2)15-18(3)27-19(4)25/h12-13,16-18H,8-11,14-15H2,1-7H3. The van der Waals surface area contributed by atoms with E-state index in [0.717, 1.165) is 12.0 Å². The fraction of sp³-hybridized carbons (Fsp3) is 0.667. The number of rotatable bonds is 11. The number of ether oxygens (including phenoxy) is 2. The van der Waals surface area contributed by atoms with Crippen molar-refractivity contribution < 1.29 is 19.1 Å². The summed E-state index contributed by atoms with van der Waals surface area (Å²) >= 11 is 0. The number of hydrogen-bond acceptors (Lipinski definition) is 4. The summed E-state index contributed by atoms with van der Waals surface area (Å²) in [5.74, 6) is 0.124. The van der Waals surface area contributed by atoms with Crippen molar-refractivity contribution >= 4 is 11.9 Å². The van der Waals surface area contributed by atoms with Crippen molar-refractivity contribution in [2.45, 2.75) is 104 Å². The Balaban J connectivity index is 3.03. The molecule has 158 valence electrons. The number of esters is 2. The molecule has 0 spiro atoms. The van der Waals surface area contributed by atoms with Crippen LogP contribution in [0, 0.1) is 0 Å². The molecule has 2 atom stereocenters. The van der Waals surface area contributed by atoms with E-state index in [1.54, 1.807) is 0 Å². The van der Waals surface area contributed by atoms with Gasteiger partial charge < -0.3 is 9.47 Å². The molecule has 1 aromatic rings. The minimum absolute atomic E-state index is 0.0233. The Morgan fingerprint density at radius 3 is 2.29 bits per heavy atom. The van der Waals surface area contributed by atoms with Gasteiger partial charge in [0.25, 0.3) is 0 Å². The highest BCUT2D eigenvalue weighted by Crippen LogP contribution is 2.37. The van der Waals surface area contributed by atoms with Crippen LogP contribution in [0.1, 0.15) is 104 Å². The summed E-state index contributed by atoms with van der Waals surface area (Å²) in [6.07, 6.45) is 6.54. The first-order chi connectivity index (χ1) is 13.1. The summed E-state index contributed by atoms with van der Waals surface area (Å²) in [4.78, 5) is 22.8. The van der Waals surface area contributed by atoms with Crippen molar-refractivity contribution in [3.05, 3.63) is 29.3 Å². The Labute approximate surface area is 171 Å². The average Bonchev–Trinajstić information content (AvgIpc) is 2.57. The van der Waals surface area contributed by atoms with Gasteiger partial charge in [-0.2, -0.15) is 0 Å². The van der Waals surface area contributed by atoms with Crippen molar-refractivity contribution in [3.63, 3.8) is 0 Å². The molecular formula is C24H38O4. The van der Waals surface area contributed by atoms with E-state index in [1.165, 1.54) is 45.1 Å². The third-order valence-corrected chi connectivity index (χ3v) is 5.29. The quantitative estimate of drug-likeness (QED) is 0.252. The molecule has 0 saturated carbocycles. The average molecular weight is 391 g/mol. The highest BCUT2D eigenvalue weighted by atomic mass is 16.5. The van der Waals surface area contributed by atoms with Gasteiger partial charge in [0, 0.05) is 13.8 Å². The normalized spacial score (nSPS) is 13.7. The molecule has 0 bridgehead atoms. The lowest BCUT2D eigenvalue weighted by molar-refractivity contribution is -0.145. The van der Waals surface area contributed by atoms with Crippen LogP contribution in [0.2, 0.25) is 0 Å². The van der Waals surface area contributed by atoms with E-state index in [1.807, 2.05) is 13.0 Å². The molecule has 1 aromatic carbocycles. The highest BCUT2D eigenvalue weighted by molar-refractivity contribution is 5.70. The largest absolute Gasteiger partial charge is 0.463 e. The molecule has 28 heavy (non-hydrogen) atoms. The summed E-state index contributed by atoms with van der Waals surface area (Å²) in [5, 5.41) is 0. The van der Waals surface area contributed by atoms with Gasteiger partial charge in [-0.05, 0) is 48.3 Å². The van der Waals surface area contributed by atoms with Gasteiger partial charge in [-0.3, -0.25) is 9.59 Å². The first kappa shape index (κ1) is 24.2. The van der Waals surface area contributed by atoms with Gasteiger partial charge in [0.2, 0.25) is 0 Å². The van der Waals surface area contributed by atoms with Gasteiger partial charge in [0.15, 0.2) is 0 Å². The molecule has 0 fully saturated rings. The van der Waals surface area contributed by atoms with E-state index in [2.05, 4.69) is 39.8 Å². The first-order valence-corrected chi connectivity index (χ1v) is 10.6. The molecule has 0 amide bonds. The Morgan fingerprint density at radius 1 is 1.04 bits per heavy atom. The van der Waals surface area contributed by atoms with Gasteiger partial charge in [-0.25, -0.2) is 0 Å². The Kier molecular flexibility index (Phi) is 9.71. The number of unbranched alkanes of at least 4 members (excludes halogenated alkanes) is 3. The third-order valence-electron chi connectivity index (χ3n) is 5.29. The monoisotopic (exact) mass is 390 g/mol. The Hall–Kier alpha value is -1.84. The Morgan fingerprint density at radius 2 is 1.71 bits per heavy atom. The van der Waals surface area contributed by atoms with Crippen LogP contribution in [-0.2, 0) is 19.7 Å². The van der Waals surface area contributed by atoms with Crippen LogP contribution >= 0.6 is 0 Å². The molecule has 2 unspecified atom stereocenters.